The Morgan fingerprint density at radius 1 is 0.895 bits per heavy atom. The summed E-state index contributed by atoms with van der Waals surface area (Å²) in [6.07, 6.45) is 0. The van der Waals surface area contributed by atoms with Crippen LogP contribution in [0.2, 0.25) is 0 Å². The summed E-state index contributed by atoms with van der Waals surface area (Å²) in [6.45, 7) is 10.1. The van der Waals surface area contributed by atoms with Crippen LogP contribution in [0.15, 0.2) is 72.8 Å². The van der Waals surface area contributed by atoms with Crippen LogP contribution in [-0.2, 0) is 0 Å². The van der Waals surface area contributed by atoms with Crippen LogP contribution in [0.1, 0.15) is 38.2 Å². The average molecular weight is 517 g/mol. The first-order valence-electron chi connectivity index (χ1n) is 12.7. The lowest BCUT2D eigenvalue weighted by Gasteiger charge is -2.31. The molecule has 2 amide bonds. The molecule has 3 aromatic carbocycles. The normalized spacial score (nSPS) is 11.2. The van der Waals surface area contributed by atoms with Crippen molar-refractivity contribution in [1.82, 2.24) is 4.57 Å². The number of benzene rings is 3. The van der Waals surface area contributed by atoms with Gasteiger partial charge in [-0.3, -0.25) is 0 Å². The van der Waals surface area contributed by atoms with Crippen molar-refractivity contribution < 1.29 is 19.1 Å². The summed E-state index contributed by atoms with van der Waals surface area (Å²) in [5.41, 5.74) is 3.31. The zero-order chi connectivity index (χ0) is 27.4. The first-order chi connectivity index (χ1) is 18.1. The van der Waals surface area contributed by atoms with E-state index in [-0.39, 0.29) is 5.69 Å². The lowest BCUT2D eigenvalue weighted by Crippen LogP contribution is -2.32. The summed E-state index contributed by atoms with van der Waals surface area (Å²) >= 11 is 0. The maximum absolute atomic E-state index is 13.3. The molecular weight excluding hydrogens is 483 g/mol. The summed E-state index contributed by atoms with van der Waals surface area (Å²) in [4.78, 5) is 27.4. The summed E-state index contributed by atoms with van der Waals surface area (Å²) in [7, 11) is 0. The molecule has 8 heteroatoms. The van der Waals surface area contributed by atoms with Crippen molar-refractivity contribution in [3.05, 3.63) is 84.3 Å². The molecule has 0 aliphatic heterocycles. The van der Waals surface area contributed by atoms with Gasteiger partial charge in [0, 0.05) is 29.9 Å². The Bertz CT molecular complexity index is 1430. The third-order valence-electron chi connectivity index (χ3n) is 6.03. The van der Waals surface area contributed by atoms with E-state index < -0.39 is 17.8 Å². The van der Waals surface area contributed by atoms with Crippen LogP contribution < -0.4 is 15.5 Å². The fourth-order valence-corrected chi connectivity index (χ4v) is 4.60. The van der Waals surface area contributed by atoms with Gasteiger partial charge in [-0.05, 0) is 66.4 Å². The summed E-state index contributed by atoms with van der Waals surface area (Å²) in [5, 5.41) is 16.4. The molecule has 4 rings (SSSR count). The minimum absolute atomic E-state index is 0.127. The number of rotatable bonds is 9. The highest BCUT2D eigenvalue weighted by molar-refractivity contribution is 6.02. The molecule has 0 aliphatic rings. The van der Waals surface area contributed by atoms with Crippen molar-refractivity contribution in [2.24, 2.45) is 11.8 Å². The van der Waals surface area contributed by atoms with E-state index in [0.717, 1.165) is 29.7 Å². The monoisotopic (exact) mass is 516 g/mol. The number of carbonyl (C=O) groups is 2. The van der Waals surface area contributed by atoms with Crippen LogP contribution in [0.25, 0.3) is 16.6 Å². The summed E-state index contributed by atoms with van der Waals surface area (Å²) < 4.78 is 15.0. The largest absolute Gasteiger partial charge is 0.477 e. The van der Waals surface area contributed by atoms with Gasteiger partial charge in [-0.25, -0.2) is 14.0 Å². The lowest BCUT2D eigenvalue weighted by atomic mass is 10.1. The number of anilines is 3. The average Bonchev–Trinajstić information content (AvgIpc) is 3.24. The predicted molar refractivity (Wildman–Crippen MR) is 151 cm³/mol. The molecule has 0 spiro atoms. The first-order valence-corrected chi connectivity index (χ1v) is 12.7. The van der Waals surface area contributed by atoms with Gasteiger partial charge >= 0.3 is 12.0 Å². The van der Waals surface area contributed by atoms with Crippen molar-refractivity contribution in [3.63, 3.8) is 0 Å². The third kappa shape index (κ3) is 6.14. The third-order valence-corrected chi connectivity index (χ3v) is 6.03. The zero-order valence-corrected chi connectivity index (χ0v) is 22.0. The van der Waals surface area contributed by atoms with Crippen LogP contribution >= 0.6 is 0 Å². The predicted octanol–water partition coefficient (Wildman–Crippen LogP) is 7.23. The minimum Gasteiger partial charge on any atom is -0.477 e. The van der Waals surface area contributed by atoms with Crippen LogP contribution in [-0.4, -0.2) is 34.8 Å². The second kappa shape index (κ2) is 11.4. The van der Waals surface area contributed by atoms with Crippen LogP contribution in [0.4, 0.5) is 26.2 Å². The Balaban J connectivity index is 1.80. The Morgan fingerprint density at radius 2 is 1.55 bits per heavy atom. The molecule has 3 N–H and O–H groups in total. The van der Waals surface area contributed by atoms with E-state index >= 15 is 0 Å². The zero-order valence-electron chi connectivity index (χ0n) is 22.0. The van der Waals surface area contributed by atoms with E-state index in [9.17, 15) is 19.1 Å². The van der Waals surface area contributed by atoms with E-state index in [4.69, 9.17) is 0 Å². The van der Waals surface area contributed by atoms with Crippen molar-refractivity contribution in [2.75, 3.05) is 28.6 Å². The SMILES string of the molecule is CC(C)CN(CC(C)C)c1ccc(-n2c(C(=O)O)cc3ccccc32)cc1NC(=O)Nc1ccc(F)cc1. The summed E-state index contributed by atoms with van der Waals surface area (Å²) in [5.74, 6) is -0.685. The van der Waals surface area contributed by atoms with Gasteiger partial charge in [-0.2, -0.15) is 0 Å². The van der Waals surface area contributed by atoms with Crippen LogP contribution in [0.5, 0.6) is 0 Å². The molecule has 0 bridgehead atoms. The number of amides is 2. The number of nitrogens with zero attached hydrogens (tertiary/aromatic N) is 2. The Kier molecular flexibility index (Phi) is 8.00. The first kappa shape index (κ1) is 26.7. The van der Waals surface area contributed by atoms with E-state index in [1.807, 2.05) is 36.4 Å². The van der Waals surface area contributed by atoms with Crippen molar-refractivity contribution in [3.8, 4) is 5.69 Å². The van der Waals surface area contributed by atoms with Crippen LogP contribution in [0, 0.1) is 17.7 Å². The number of nitrogens with one attached hydrogen (secondary N) is 2. The number of aromatic nitrogens is 1. The molecule has 0 atom stereocenters. The molecule has 38 heavy (non-hydrogen) atoms. The fraction of sp³-hybridized carbons (Fsp3) is 0.267. The van der Waals surface area contributed by atoms with Gasteiger partial charge in [0.1, 0.15) is 11.5 Å². The fourth-order valence-electron chi connectivity index (χ4n) is 4.60. The lowest BCUT2D eigenvalue weighted by molar-refractivity contribution is 0.0688. The molecule has 1 aromatic heterocycles. The number of halogens is 1. The van der Waals surface area contributed by atoms with Gasteiger partial charge < -0.3 is 25.2 Å². The highest BCUT2D eigenvalue weighted by Crippen LogP contribution is 2.33. The smallest absolute Gasteiger partial charge is 0.352 e. The van der Waals surface area contributed by atoms with Crippen molar-refractivity contribution in [1.29, 1.82) is 0 Å². The van der Waals surface area contributed by atoms with Gasteiger partial charge in [0.2, 0.25) is 0 Å². The van der Waals surface area contributed by atoms with E-state index in [2.05, 4.69) is 43.2 Å². The number of carbonyl (C=O) groups excluding carboxylic acids is 1. The second-order valence-corrected chi connectivity index (χ2v) is 10.2. The maximum atomic E-state index is 13.3. The highest BCUT2D eigenvalue weighted by Gasteiger charge is 2.20. The number of carboxylic acids is 1. The van der Waals surface area contributed by atoms with Gasteiger partial charge in [0.15, 0.2) is 0 Å². The van der Waals surface area contributed by atoms with Crippen molar-refractivity contribution >= 4 is 40.0 Å². The molecule has 198 valence electrons. The Morgan fingerprint density at radius 3 is 2.18 bits per heavy atom. The molecule has 0 radical (unpaired) electrons. The minimum atomic E-state index is -1.05. The quantitative estimate of drug-likeness (QED) is 0.219. The van der Waals surface area contributed by atoms with Gasteiger partial charge in [-0.1, -0.05) is 45.9 Å². The Hall–Kier alpha value is -4.33. The molecular formula is C30H33FN4O3. The molecule has 0 unspecified atom stereocenters. The summed E-state index contributed by atoms with van der Waals surface area (Å²) in [6, 6.07) is 19.8. The second-order valence-electron chi connectivity index (χ2n) is 10.2. The van der Waals surface area contributed by atoms with E-state index in [0.29, 0.717) is 28.9 Å². The number of urea groups is 1. The molecule has 1 heterocycles. The number of hydrogen-bond acceptors (Lipinski definition) is 3. The van der Waals surface area contributed by atoms with Gasteiger partial charge in [0.05, 0.1) is 16.9 Å². The number of aromatic carboxylic acids is 1. The van der Waals surface area contributed by atoms with Crippen molar-refractivity contribution in [2.45, 2.75) is 27.7 Å². The number of carboxylic acid groups (broad SMARTS) is 1. The number of fused-ring (bicyclic) bond motifs is 1. The standard InChI is InChI=1S/C30H33FN4O3/c1-19(2)17-34(18-20(3)4)27-14-13-24(35-26-8-6-5-7-21(26)15-28(35)29(36)37)16-25(27)33-30(38)32-23-11-9-22(31)10-12-23/h5-16,19-20H,17-18H2,1-4H3,(H,36,37)(H2,32,33,38). The van der Waals surface area contributed by atoms with E-state index in [1.54, 1.807) is 16.7 Å². The highest BCUT2D eigenvalue weighted by atomic mass is 19.1. The van der Waals surface area contributed by atoms with Gasteiger partial charge in [0.25, 0.3) is 0 Å². The van der Waals surface area contributed by atoms with Crippen LogP contribution in [0.3, 0.4) is 0 Å². The number of hydrogen-bond donors (Lipinski definition) is 3. The molecule has 0 saturated carbocycles. The topological polar surface area (TPSA) is 86.6 Å². The van der Waals surface area contributed by atoms with E-state index in [1.165, 1.54) is 24.3 Å². The maximum Gasteiger partial charge on any atom is 0.352 e. The number of para-hydroxylation sites is 1. The molecule has 0 saturated heterocycles. The molecule has 7 nitrogen and oxygen atoms in total. The molecule has 4 aromatic rings. The molecule has 0 aliphatic carbocycles. The Labute approximate surface area is 221 Å². The van der Waals surface area contributed by atoms with Gasteiger partial charge in [-0.15, -0.1) is 0 Å². The molecule has 0 fully saturated rings.